The average Bonchev–Trinajstić information content (AvgIpc) is 2.52. The molecule has 148 valence electrons. The van der Waals surface area contributed by atoms with Gasteiger partial charge in [0.25, 0.3) is 0 Å². The van der Waals surface area contributed by atoms with Crippen LogP contribution in [-0.2, 0) is 29.1 Å². The molecule has 0 saturated heterocycles. The first-order valence-electron chi connectivity index (χ1n) is 10.5. The molecule has 0 heteroatoms. The summed E-state index contributed by atoms with van der Waals surface area (Å²) in [6.45, 7) is 20.9. The molecule has 0 atom stereocenters. The first-order chi connectivity index (χ1) is 12.3. The van der Waals surface area contributed by atoms with Crippen LogP contribution in [0, 0.1) is 0 Å². The third kappa shape index (κ3) is 5.71. The zero-order valence-corrected chi connectivity index (χ0v) is 19.2. The van der Waals surface area contributed by atoms with Gasteiger partial charge in [-0.15, -0.1) is 0 Å². The molecule has 2 rings (SSSR count). The zero-order valence-electron chi connectivity index (χ0n) is 19.2. The molecule has 27 heavy (non-hydrogen) atoms. The molecule has 0 spiro atoms. The van der Waals surface area contributed by atoms with E-state index in [-0.39, 0.29) is 16.2 Å². The number of benzene rings is 2. The van der Waals surface area contributed by atoms with Crippen molar-refractivity contribution in [1.29, 1.82) is 0 Å². The minimum Gasteiger partial charge on any atom is -0.0620 e. The van der Waals surface area contributed by atoms with Crippen molar-refractivity contribution >= 4 is 0 Å². The van der Waals surface area contributed by atoms with Gasteiger partial charge in [0.15, 0.2) is 0 Å². The van der Waals surface area contributed by atoms with Gasteiger partial charge in [-0.05, 0) is 63.3 Å². The number of hydrogen-bond acceptors (Lipinski definition) is 0. The normalized spacial score (nSPS) is 13.1. The third-order valence-electron chi connectivity index (χ3n) is 5.50. The second-order valence-electron chi connectivity index (χ2n) is 11.1. The van der Waals surface area contributed by atoms with Crippen LogP contribution in [0.2, 0.25) is 0 Å². The maximum atomic E-state index is 2.46. The summed E-state index contributed by atoms with van der Waals surface area (Å²) in [4.78, 5) is 0. The Labute approximate surface area is 168 Å². The van der Waals surface area contributed by atoms with E-state index in [1.165, 1.54) is 34.2 Å². The Morgan fingerprint density at radius 3 is 1.59 bits per heavy atom. The highest BCUT2D eigenvalue weighted by atomic mass is 14.3. The van der Waals surface area contributed by atoms with E-state index >= 15 is 0 Å². The predicted octanol–water partition coefficient (Wildman–Crippen LogP) is 7.75. The van der Waals surface area contributed by atoms with Gasteiger partial charge in [-0.3, -0.25) is 0 Å². The molecule has 0 aliphatic carbocycles. The van der Waals surface area contributed by atoms with Crippen molar-refractivity contribution in [3.8, 4) is 0 Å². The van der Waals surface area contributed by atoms with Crippen LogP contribution < -0.4 is 0 Å². The molecule has 0 aliphatic rings. The van der Waals surface area contributed by atoms with E-state index in [9.17, 15) is 0 Å². The molecule has 0 amide bonds. The highest BCUT2D eigenvalue weighted by Gasteiger charge is 2.22. The molecule has 2 aromatic rings. The lowest BCUT2D eigenvalue weighted by atomic mass is 9.77. The SMILES string of the molecule is CC(C)(C)c1ccc(CCCc2ccccc2C(C)(C)C)c(C(C)(C)C)c1. The topological polar surface area (TPSA) is 0 Å². The van der Waals surface area contributed by atoms with Crippen molar-refractivity contribution in [2.24, 2.45) is 0 Å². The highest BCUT2D eigenvalue weighted by Crippen LogP contribution is 2.33. The molecule has 0 heterocycles. The van der Waals surface area contributed by atoms with Crippen molar-refractivity contribution < 1.29 is 0 Å². The Kier molecular flexibility index (Phi) is 6.30. The Bertz CT molecular complexity index is 758. The van der Waals surface area contributed by atoms with Crippen molar-refractivity contribution in [1.82, 2.24) is 0 Å². The minimum absolute atomic E-state index is 0.180. The average molecular weight is 365 g/mol. The lowest BCUT2D eigenvalue weighted by molar-refractivity contribution is 0.561. The van der Waals surface area contributed by atoms with Gasteiger partial charge < -0.3 is 0 Å². The molecule has 0 radical (unpaired) electrons. The summed E-state index contributed by atoms with van der Waals surface area (Å²) in [5.41, 5.74) is 8.06. The van der Waals surface area contributed by atoms with Crippen molar-refractivity contribution in [2.75, 3.05) is 0 Å². The fourth-order valence-corrected chi connectivity index (χ4v) is 3.90. The van der Waals surface area contributed by atoms with Gasteiger partial charge in [-0.1, -0.05) is 105 Å². The molecule has 0 aromatic heterocycles. The Balaban J connectivity index is 2.22. The molecular formula is C27H40. The van der Waals surface area contributed by atoms with E-state index in [4.69, 9.17) is 0 Å². The van der Waals surface area contributed by atoms with Gasteiger partial charge >= 0.3 is 0 Å². The standard InChI is InChI=1S/C27H40/c1-25(2,3)22-18-17-21(24(19-22)27(7,8)9)15-12-14-20-13-10-11-16-23(20)26(4,5)6/h10-11,13,16-19H,12,14-15H2,1-9H3. The van der Waals surface area contributed by atoms with Gasteiger partial charge in [0.05, 0.1) is 0 Å². The molecule has 0 aliphatic heterocycles. The van der Waals surface area contributed by atoms with Gasteiger partial charge in [0.1, 0.15) is 0 Å². The van der Waals surface area contributed by atoms with Crippen LogP contribution in [0.1, 0.15) is 96.6 Å². The van der Waals surface area contributed by atoms with E-state index < -0.39 is 0 Å². The van der Waals surface area contributed by atoms with Crippen molar-refractivity contribution in [3.05, 3.63) is 70.3 Å². The van der Waals surface area contributed by atoms with Crippen molar-refractivity contribution in [3.63, 3.8) is 0 Å². The van der Waals surface area contributed by atoms with Crippen LogP contribution in [0.5, 0.6) is 0 Å². The molecule has 0 fully saturated rings. The predicted molar refractivity (Wildman–Crippen MR) is 121 cm³/mol. The summed E-state index contributed by atoms with van der Waals surface area (Å²) < 4.78 is 0. The van der Waals surface area contributed by atoms with Gasteiger partial charge in [0.2, 0.25) is 0 Å². The summed E-state index contributed by atoms with van der Waals surface area (Å²) in [5, 5.41) is 0. The number of aryl methyl sites for hydroxylation is 2. The first-order valence-corrected chi connectivity index (χ1v) is 10.5. The smallest absolute Gasteiger partial charge is 0.0129 e. The van der Waals surface area contributed by atoms with E-state index in [0.717, 1.165) is 12.8 Å². The number of hydrogen-bond donors (Lipinski definition) is 0. The van der Waals surface area contributed by atoms with E-state index in [1.807, 2.05) is 0 Å². The fraction of sp³-hybridized carbons (Fsp3) is 0.556. The second kappa shape index (κ2) is 7.82. The van der Waals surface area contributed by atoms with Crippen LogP contribution in [0.4, 0.5) is 0 Å². The molecule has 2 aromatic carbocycles. The fourth-order valence-electron chi connectivity index (χ4n) is 3.90. The number of rotatable bonds is 4. The lowest BCUT2D eigenvalue weighted by Gasteiger charge is -2.28. The van der Waals surface area contributed by atoms with E-state index in [0.29, 0.717) is 0 Å². The highest BCUT2D eigenvalue weighted by molar-refractivity contribution is 5.39. The molecule has 0 N–H and O–H groups in total. The third-order valence-corrected chi connectivity index (χ3v) is 5.50. The zero-order chi connectivity index (χ0) is 20.5. The van der Waals surface area contributed by atoms with E-state index in [1.54, 1.807) is 0 Å². The Morgan fingerprint density at radius 1 is 0.556 bits per heavy atom. The Hall–Kier alpha value is -1.56. The summed E-state index contributed by atoms with van der Waals surface area (Å²) in [6, 6.07) is 16.2. The van der Waals surface area contributed by atoms with Crippen LogP contribution in [0.25, 0.3) is 0 Å². The molecular weight excluding hydrogens is 324 g/mol. The lowest BCUT2D eigenvalue weighted by Crippen LogP contribution is -2.18. The van der Waals surface area contributed by atoms with Crippen LogP contribution in [0.3, 0.4) is 0 Å². The van der Waals surface area contributed by atoms with Gasteiger partial charge in [0, 0.05) is 0 Å². The largest absolute Gasteiger partial charge is 0.0620 e. The Morgan fingerprint density at radius 2 is 1.07 bits per heavy atom. The van der Waals surface area contributed by atoms with Crippen LogP contribution in [-0.4, -0.2) is 0 Å². The summed E-state index contributed by atoms with van der Waals surface area (Å²) >= 11 is 0. The quantitative estimate of drug-likeness (QED) is 0.520. The maximum Gasteiger partial charge on any atom is -0.0129 e. The van der Waals surface area contributed by atoms with Gasteiger partial charge in [-0.2, -0.15) is 0 Å². The molecule has 0 saturated carbocycles. The van der Waals surface area contributed by atoms with Crippen molar-refractivity contribution in [2.45, 2.75) is 97.8 Å². The van der Waals surface area contributed by atoms with Crippen LogP contribution in [0.15, 0.2) is 42.5 Å². The minimum atomic E-state index is 0.180. The molecule has 0 bridgehead atoms. The van der Waals surface area contributed by atoms with Gasteiger partial charge in [-0.25, -0.2) is 0 Å². The monoisotopic (exact) mass is 364 g/mol. The summed E-state index contributed by atoms with van der Waals surface area (Å²) in [7, 11) is 0. The summed E-state index contributed by atoms with van der Waals surface area (Å²) in [6.07, 6.45) is 3.50. The maximum absolute atomic E-state index is 2.46. The molecule has 0 nitrogen and oxygen atoms in total. The van der Waals surface area contributed by atoms with Crippen LogP contribution >= 0.6 is 0 Å². The first kappa shape index (κ1) is 21.7. The van der Waals surface area contributed by atoms with E-state index in [2.05, 4.69) is 105 Å². The summed E-state index contributed by atoms with van der Waals surface area (Å²) in [5.74, 6) is 0. The molecule has 0 unspecified atom stereocenters. The second-order valence-corrected chi connectivity index (χ2v) is 11.1.